The third-order valence-electron chi connectivity index (χ3n) is 9.51. The summed E-state index contributed by atoms with van der Waals surface area (Å²) in [5.74, 6) is -0.519. The first kappa shape index (κ1) is 35.7. The molecule has 44 heavy (non-hydrogen) atoms. The van der Waals surface area contributed by atoms with Crippen molar-refractivity contribution < 1.29 is 59.5 Å². The summed E-state index contributed by atoms with van der Waals surface area (Å²) in [4.78, 5) is 12.5. The maximum Gasteiger partial charge on any atom is 0.408 e. The van der Waals surface area contributed by atoms with Gasteiger partial charge in [0.2, 0.25) is 0 Å². The largest absolute Gasteiger partial charge is 0.444 e. The van der Waals surface area contributed by atoms with Gasteiger partial charge in [-0.2, -0.15) is 0 Å². The van der Waals surface area contributed by atoms with Crippen molar-refractivity contribution in [2.45, 2.75) is 139 Å². The minimum atomic E-state index is -1.60. The predicted molar refractivity (Wildman–Crippen MR) is 155 cm³/mol. The van der Waals surface area contributed by atoms with Gasteiger partial charge in [0.25, 0.3) is 0 Å². The van der Waals surface area contributed by atoms with Crippen LogP contribution in [0.4, 0.5) is 4.79 Å². The molecule has 256 valence electrons. The molecule has 2 aliphatic heterocycles. The van der Waals surface area contributed by atoms with Crippen LogP contribution in [-0.4, -0.2) is 141 Å². The second-order valence-electron chi connectivity index (χ2n) is 14.1. The molecule has 9 N–H and O–H groups in total. The molecule has 0 aromatic carbocycles. The second-order valence-corrected chi connectivity index (χ2v) is 14.1. The van der Waals surface area contributed by atoms with Gasteiger partial charge in [-0.3, -0.25) is 0 Å². The maximum absolute atomic E-state index is 12.5. The van der Waals surface area contributed by atoms with Crippen LogP contribution in [0, 0.1) is 23.7 Å². The van der Waals surface area contributed by atoms with Gasteiger partial charge in [0, 0.05) is 12.5 Å². The van der Waals surface area contributed by atoms with Gasteiger partial charge in [0.1, 0.15) is 42.2 Å². The number of aliphatic hydroxyl groups is 7. The first-order valence-corrected chi connectivity index (χ1v) is 16.0. The third kappa shape index (κ3) is 8.21. The number of carbonyl (C=O) groups excluding carboxylic acids is 1. The average molecular weight is 635 g/mol. The van der Waals surface area contributed by atoms with Crippen LogP contribution in [0.5, 0.6) is 0 Å². The molecule has 4 aliphatic rings. The predicted octanol–water partition coefficient (Wildman–Crippen LogP) is -1.40. The van der Waals surface area contributed by atoms with Crippen LogP contribution in [0.1, 0.15) is 60.3 Å². The van der Waals surface area contributed by atoms with E-state index in [2.05, 4.69) is 10.6 Å². The van der Waals surface area contributed by atoms with Gasteiger partial charge in [-0.15, -0.1) is 0 Å². The smallest absolute Gasteiger partial charge is 0.408 e. The summed E-state index contributed by atoms with van der Waals surface area (Å²) in [5.41, 5.74) is -0.842. The molecule has 0 bridgehead atoms. The number of rotatable bonds is 10. The minimum absolute atomic E-state index is 0.178. The third-order valence-corrected chi connectivity index (χ3v) is 9.51. The van der Waals surface area contributed by atoms with Crippen molar-refractivity contribution in [3.05, 3.63) is 0 Å². The Bertz CT molecular complexity index is 934. The maximum atomic E-state index is 12.5. The van der Waals surface area contributed by atoms with Gasteiger partial charge in [0.15, 0.2) is 6.29 Å². The number of ether oxygens (including phenoxy) is 4. The van der Waals surface area contributed by atoms with Crippen LogP contribution in [0.3, 0.4) is 0 Å². The minimum Gasteiger partial charge on any atom is -0.444 e. The Morgan fingerprint density at radius 3 is 2.16 bits per heavy atom. The molecule has 15 unspecified atom stereocenters. The van der Waals surface area contributed by atoms with E-state index < -0.39 is 97.6 Å². The Kier molecular flexibility index (Phi) is 11.9. The molecule has 0 aromatic rings. The molecule has 2 aliphatic carbocycles. The SMILES string of the molecule is CCC1CC(C)C(C2OC(CNCC3CC3)C(O)C(O)C2O)C(O)C1OC1OC(CO)C(O)C(NC(=O)OC(C)(C)C)C1O. The summed E-state index contributed by atoms with van der Waals surface area (Å²) in [6.45, 7) is 9.25. The van der Waals surface area contributed by atoms with E-state index >= 15 is 0 Å². The van der Waals surface area contributed by atoms with E-state index in [-0.39, 0.29) is 18.4 Å². The average Bonchev–Trinajstić information content (AvgIpc) is 3.78. The number of carbonyl (C=O) groups is 1. The molecule has 2 heterocycles. The molecule has 14 heteroatoms. The van der Waals surface area contributed by atoms with Gasteiger partial charge in [-0.25, -0.2) is 4.79 Å². The lowest BCUT2D eigenvalue weighted by Gasteiger charge is -2.52. The Balaban J connectivity index is 1.51. The van der Waals surface area contributed by atoms with E-state index in [4.69, 9.17) is 18.9 Å². The fraction of sp³-hybridized carbons (Fsp3) is 0.967. The summed E-state index contributed by atoms with van der Waals surface area (Å²) >= 11 is 0. The lowest BCUT2D eigenvalue weighted by molar-refractivity contribution is -0.318. The first-order valence-electron chi connectivity index (χ1n) is 16.0. The van der Waals surface area contributed by atoms with Crippen LogP contribution in [0.15, 0.2) is 0 Å². The number of hydrogen-bond donors (Lipinski definition) is 9. The highest BCUT2D eigenvalue weighted by Gasteiger charge is 2.55. The molecule has 2 saturated heterocycles. The lowest BCUT2D eigenvalue weighted by atomic mass is 9.66. The van der Waals surface area contributed by atoms with Crippen LogP contribution in [0.25, 0.3) is 0 Å². The van der Waals surface area contributed by atoms with Crippen LogP contribution in [-0.2, 0) is 18.9 Å². The van der Waals surface area contributed by atoms with Gasteiger partial charge >= 0.3 is 6.09 Å². The zero-order chi connectivity index (χ0) is 32.5. The van der Waals surface area contributed by atoms with E-state index in [9.17, 15) is 40.5 Å². The first-order chi connectivity index (χ1) is 20.7. The summed E-state index contributed by atoms with van der Waals surface area (Å²) in [7, 11) is 0. The van der Waals surface area contributed by atoms with Gasteiger partial charge in [0.05, 0.1) is 37.1 Å². The van der Waals surface area contributed by atoms with Crippen LogP contribution < -0.4 is 10.6 Å². The fourth-order valence-corrected chi connectivity index (χ4v) is 6.90. The zero-order valence-electron chi connectivity index (χ0n) is 26.4. The van der Waals surface area contributed by atoms with E-state index in [1.807, 2.05) is 13.8 Å². The Hall–Kier alpha value is -1.17. The zero-order valence-corrected chi connectivity index (χ0v) is 26.4. The van der Waals surface area contributed by atoms with Crippen molar-refractivity contribution in [1.29, 1.82) is 0 Å². The normalized spacial score (nSPS) is 45.1. The van der Waals surface area contributed by atoms with Crippen LogP contribution >= 0.6 is 0 Å². The van der Waals surface area contributed by atoms with E-state index in [1.165, 1.54) is 0 Å². The lowest BCUT2D eigenvalue weighted by Crippen LogP contribution is -2.67. The molecule has 14 nitrogen and oxygen atoms in total. The molecule has 4 rings (SSSR count). The molecule has 0 spiro atoms. The quantitative estimate of drug-likeness (QED) is 0.135. The van der Waals surface area contributed by atoms with Crippen molar-refractivity contribution in [1.82, 2.24) is 10.6 Å². The van der Waals surface area contributed by atoms with Crippen LogP contribution in [0.2, 0.25) is 0 Å². The molecule has 1 amide bonds. The number of aliphatic hydroxyl groups excluding tert-OH is 7. The Labute approximate surface area is 259 Å². The van der Waals surface area contributed by atoms with E-state index in [0.29, 0.717) is 18.8 Å². The second kappa shape index (κ2) is 14.7. The van der Waals surface area contributed by atoms with Gasteiger partial charge < -0.3 is 65.3 Å². The van der Waals surface area contributed by atoms with Crippen molar-refractivity contribution in [3.63, 3.8) is 0 Å². The Morgan fingerprint density at radius 2 is 1.57 bits per heavy atom. The number of hydrogen-bond acceptors (Lipinski definition) is 13. The van der Waals surface area contributed by atoms with Crippen molar-refractivity contribution in [2.24, 2.45) is 23.7 Å². The van der Waals surface area contributed by atoms with E-state index in [0.717, 1.165) is 19.4 Å². The van der Waals surface area contributed by atoms with Gasteiger partial charge in [-0.1, -0.05) is 20.3 Å². The van der Waals surface area contributed by atoms with Crippen molar-refractivity contribution in [2.75, 3.05) is 19.7 Å². The highest BCUT2D eigenvalue weighted by Crippen LogP contribution is 2.43. The molecule has 0 radical (unpaired) electrons. The molecular weight excluding hydrogens is 580 g/mol. The van der Waals surface area contributed by atoms with Crippen molar-refractivity contribution in [3.8, 4) is 0 Å². The summed E-state index contributed by atoms with van der Waals surface area (Å²) < 4.78 is 23.4. The molecule has 4 fully saturated rings. The molecule has 15 atom stereocenters. The summed E-state index contributed by atoms with van der Waals surface area (Å²) in [6, 6.07) is -1.32. The molecule has 0 aromatic heterocycles. The monoisotopic (exact) mass is 634 g/mol. The Morgan fingerprint density at radius 1 is 0.886 bits per heavy atom. The molecule has 2 saturated carbocycles. The van der Waals surface area contributed by atoms with Crippen molar-refractivity contribution >= 4 is 6.09 Å². The summed E-state index contributed by atoms with van der Waals surface area (Å²) in [6.07, 6.45) is -11.5. The highest BCUT2D eigenvalue weighted by molar-refractivity contribution is 5.68. The number of amides is 1. The fourth-order valence-electron chi connectivity index (χ4n) is 6.90. The number of alkyl carbamates (subject to hydrolysis) is 1. The van der Waals surface area contributed by atoms with Gasteiger partial charge in [-0.05, 0) is 64.3 Å². The topological polar surface area (TPSA) is 220 Å². The standard InChI is InChI=1S/C30H54N2O12/c1-6-15-9-13(2)18(27-25(39)24(38)21(35)16(41-27)11-31-10-14-7-8-14)22(36)26(15)43-28-23(37)19(20(34)17(12-33)42-28)32-29(40)44-30(3,4)5/h13-28,31,33-39H,6-12H2,1-5H3,(H,32,40). The highest BCUT2D eigenvalue weighted by atomic mass is 16.7. The molecular formula is C30H54N2O12. The van der Waals surface area contributed by atoms with E-state index in [1.54, 1.807) is 20.8 Å². The summed E-state index contributed by atoms with van der Waals surface area (Å²) in [5, 5.41) is 81.8. The number of nitrogens with one attached hydrogen (secondary N) is 2.